The molecular formula is C25H31N5O3. The van der Waals surface area contributed by atoms with E-state index in [1.54, 1.807) is 23.4 Å². The number of carbonyl (C=O) groups excluding carboxylic acids is 2. The number of rotatable bonds is 4. The molecule has 33 heavy (non-hydrogen) atoms. The maximum atomic E-state index is 13.0. The van der Waals surface area contributed by atoms with Gasteiger partial charge in [0.25, 0.3) is 11.5 Å². The molecule has 0 spiro atoms. The van der Waals surface area contributed by atoms with Gasteiger partial charge in [-0.2, -0.15) is 0 Å². The Balaban J connectivity index is 1.34. The molecule has 0 radical (unpaired) electrons. The van der Waals surface area contributed by atoms with Crippen LogP contribution in [0.1, 0.15) is 84.0 Å². The standard InChI is InChI=1S/C25H31N5O3/c1-16-14-26-10-8-18(16)25(33)29-12-9-20-19(15-29)24(32)28-23(27-20)21-7-4-11-30(21)22(31)13-17-5-2-3-6-17/h8,10,14,17,21H,2-7,9,11-13,15H2,1H3,(H,27,28,32)/t21-/m1/s1. The summed E-state index contributed by atoms with van der Waals surface area (Å²) < 4.78 is 0. The number of nitrogens with one attached hydrogen (secondary N) is 1. The van der Waals surface area contributed by atoms with Crippen LogP contribution in [0.3, 0.4) is 0 Å². The van der Waals surface area contributed by atoms with E-state index in [4.69, 9.17) is 4.98 Å². The van der Waals surface area contributed by atoms with Gasteiger partial charge in [0.1, 0.15) is 5.82 Å². The zero-order valence-electron chi connectivity index (χ0n) is 19.2. The van der Waals surface area contributed by atoms with Crippen molar-refractivity contribution in [2.75, 3.05) is 13.1 Å². The van der Waals surface area contributed by atoms with Gasteiger partial charge in [-0.1, -0.05) is 12.8 Å². The van der Waals surface area contributed by atoms with Gasteiger partial charge in [0, 0.05) is 43.9 Å². The number of amides is 2. The lowest BCUT2D eigenvalue weighted by atomic mass is 10.0. The monoisotopic (exact) mass is 449 g/mol. The van der Waals surface area contributed by atoms with Crippen LogP contribution in [-0.4, -0.2) is 49.7 Å². The normalized spacial score (nSPS) is 20.8. The second-order valence-electron chi connectivity index (χ2n) is 9.64. The summed E-state index contributed by atoms with van der Waals surface area (Å²) in [5.74, 6) is 1.19. The molecule has 8 heteroatoms. The van der Waals surface area contributed by atoms with Gasteiger partial charge >= 0.3 is 0 Å². The summed E-state index contributed by atoms with van der Waals surface area (Å²) in [5.41, 5.74) is 2.52. The topological polar surface area (TPSA) is 99.3 Å². The SMILES string of the molecule is Cc1cnccc1C(=O)N1CCc2nc([C@H]3CCCN3C(=O)CC3CCCC3)[nH]c(=O)c2C1. The van der Waals surface area contributed by atoms with Crippen LogP contribution in [0, 0.1) is 12.8 Å². The highest BCUT2D eigenvalue weighted by Gasteiger charge is 2.34. The Morgan fingerprint density at radius 3 is 2.76 bits per heavy atom. The van der Waals surface area contributed by atoms with E-state index in [0.717, 1.165) is 43.5 Å². The number of H-pyrrole nitrogens is 1. The lowest BCUT2D eigenvalue weighted by Gasteiger charge is -2.30. The van der Waals surface area contributed by atoms with Gasteiger partial charge in [-0.15, -0.1) is 0 Å². The number of fused-ring (bicyclic) bond motifs is 1. The minimum atomic E-state index is -0.200. The molecule has 2 amide bonds. The van der Waals surface area contributed by atoms with Crippen LogP contribution in [0.2, 0.25) is 0 Å². The number of aromatic amines is 1. The van der Waals surface area contributed by atoms with Gasteiger partial charge < -0.3 is 14.8 Å². The number of hydrogen-bond donors (Lipinski definition) is 1. The molecule has 174 valence electrons. The first-order valence-corrected chi connectivity index (χ1v) is 12.1. The average molecular weight is 450 g/mol. The summed E-state index contributed by atoms with van der Waals surface area (Å²) in [6.07, 6.45) is 10.9. The molecule has 1 saturated heterocycles. The van der Waals surface area contributed by atoms with Crippen LogP contribution in [0.4, 0.5) is 0 Å². The van der Waals surface area contributed by atoms with E-state index in [1.165, 1.54) is 12.8 Å². The zero-order valence-corrected chi connectivity index (χ0v) is 19.2. The van der Waals surface area contributed by atoms with Gasteiger partial charge in [-0.05, 0) is 50.2 Å². The fourth-order valence-corrected chi connectivity index (χ4v) is 5.59. The molecule has 1 atom stereocenters. The molecule has 3 aliphatic rings. The van der Waals surface area contributed by atoms with Crippen molar-refractivity contribution in [1.82, 2.24) is 24.8 Å². The second kappa shape index (κ2) is 9.08. The third-order valence-electron chi connectivity index (χ3n) is 7.45. The Bertz CT molecular complexity index is 1120. The first kappa shape index (κ1) is 21.8. The molecule has 8 nitrogen and oxygen atoms in total. The number of hydrogen-bond acceptors (Lipinski definition) is 5. The van der Waals surface area contributed by atoms with E-state index >= 15 is 0 Å². The Hall–Kier alpha value is -3.03. The maximum Gasteiger partial charge on any atom is 0.256 e. The highest BCUT2D eigenvalue weighted by Crippen LogP contribution is 2.34. The van der Waals surface area contributed by atoms with Crippen molar-refractivity contribution in [3.63, 3.8) is 0 Å². The van der Waals surface area contributed by atoms with Crippen molar-refractivity contribution in [3.05, 3.63) is 57.0 Å². The van der Waals surface area contributed by atoms with Crippen molar-refractivity contribution >= 4 is 11.8 Å². The largest absolute Gasteiger partial charge is 0.334 e. The highest BCUT2D eigenvalue weighted by molar-refractivity contribution is 5.95. The quantitative estimate of drug-likeness (QED) is 0.774. The minimum Gasteiger partial charge on any atom is -0.334 e. The molecule has 0 aromatic carbocycles. The molecule has 5 rings (SSSR count). The predicted molar refractivity (Wildman–Crippen MR) is 123 cm³/mol. The van der Waals surface area contributed by atoms with Gasteiger partial charge in [-0.3, -0.25) is 19.4 Å². The molecule has 2 aromatic rings. The summed E-state index contributed by atoms with van der Waals surface area (Å²) in [7, 11) is 0. The van der Waals surface area contributed by atoms with Crippen LogP contribution < -0.4 is 5.56 Å². The Kier molecular flexibility index (Phi) is 6.00. The van der Waals surface area contributed by atoms with E-state index in [1.807, 2.05) is 11.8 Å². The molecule has 4 heterocycles. The molecule has 1 aliphatic carbocycles. The van der Waals surface area contributed by atoms with E-state index < -0.39 is 0 Å². The highest BCUT2D eigenvalue weighted by atomic mass is 16.2. The van der Waals surface area contributed by atoms with Crippen LogP contribution in [0.25, 0.3) is 0 Å². The van der Waals surface area contributed by atoms with Crippen molar-refractivity contribution in [3.8, 4) is 0 Å². The van der Waals surface area contributed by atoms with E-state index in [9.17, 15) is 14.4 Å². The van der Waals surface area contributed by atoms with E-state index in [2.05, 4.69) is 9.97 Å². The number of likely N-dealkylation sites (tertiary alicyclic amines) is 1. The minimum absolute atomic E-state index is 0.0940. The smallest absolute Gasteiger partial charge is 0.256 e. The Morgan fingerprint density at radius 1 is 1.15 bits per heavy atom. The van der Waals surface area contributed by atoms with Crippen molar-refractivity contribution in [1.29, 1.82) is 0 Å². The van der Waals surface area contributed by atoms with E-state index in [0.29, 0.717) is 42.3 Å². The van der Waals surface area contributed by atoms with E-state index in [-0.39, 0.29) is 30.0 Å². The van der Waals surface area contributed by atoms with Crippen molar-refractivity contribution in [2.45, 2.75) is 70.9 Å². The summed E-state index contributed by atoms with van der Waals surface area (Å²) in [6.45, 7) is 3.34. The fourth-order valence-electron chi connectivity index (χ4n) is 5.59. The van der Waals surface area contributed by atoms with Crippen molar-refractivity contribution < 1.29 is 9.59 Å². The Morgan fingerprint density at radius 2 is 1.97 bits per heavy atom. The molecule has 0 unspecified atom stereocenters. The van der Waals surface area contributed by atoms with Gasteiger partial charge in [0.2, 0.25) is 5.91 Å². The molecule has 0 bridgehead atoms. The third kappa shape index (κ3) is 4.30. The molecule has 2 aromatic heterocycles. The summed E-state index contributed by atoms with van der Waals surface area (Å²) >= 11 is 0. The molecule has 2 fully saturated rings. The second-order valence-corrected chi connectivity index (χ2v) is 9.64. The predicted octanol–water partition coefficient (Wildman–Crippen LogP) is 2.92. The maximum absolute atomic E-state index is 13.0. The first-order chi connectivity index (χ1) is 16.0. The molecule has 2 aliphatic heterocycles. The van der Waals surface area contributed by atoms with Gasteiger partial charge in [-0.25, -0.2) is 4.98 Å². The lowest BCUT2D eigenvalue weighted by Crippen LogP contribution is -2.41. The average Bonchev–Trinajstić information content (AvgIpc) is 3.51. The van der Waals surface area contributed by atoms with Crippen LogP contribution in [-0.2, 0) is 17.8 Å². The zero-order chi connectivity index (χ0) is 22.9. The summed E-state index contributed by atoms with van der Waals surface area (Å²) in [6, 6.07) is 1.56. The number of pyridine rings is 1. The molecular weight excluding hydrogens is 418 g/mol. The lowest BCUT2D eigenvalue weighted by molar-refractivity contribution is -0.133. The molecule has 1 N–H and O–H groups in total. The van der Waals surface area contributed by atoms with Gasteiger partial charge in [0.05, 0.1) is 23.8 Å². The number of nitrogens with zero attached hydrogens (tertiary/aromatic N) is 4. The number of aromatic nitrogens is 3. The van der Waals surface area contributed by atoms with Crippen molar-refractivity contribution in [2.24, 2.45) is 5.92 Å². The Labute approximate surface area is 193 Å². The third-order valence-corrected chi connectivity index (χ3v) is 7.45. The number of carbonyl (C=O) groups is 2. The van der Waals surface area contributed by atoms with Crippen LogP contribution in [0.15, 0.2) is 23.3 Å². The van der Waals surface area contributed by atoms with Gasteiger partial charge in [0.15, 0.2) is 0 Å². The summed E-state index contributed by atoms with van der Waals surface area (Å²) in [4.78, 5) is 54.5. The summed E-state index contributed by atoms with van der Waals surface area (Å²) in [5, 5.41) is 0. The molecule has 1 saturated carbocycles. The first-order valence-electron chi connectivity index (χ1n) is 12.1. The van der Waals surface area contributed by atoms with Crippen LogP contribution in [0.5, 0.6) is 0 Å². The number of aryl methyl sites for hydroxylation is 1. The van der Waals surface area contributed by atoms with Crippen LogP contribution >= 0.6 is 0 Å². The fraction of sp³-hybridized carbons (Fsp3) is 0.560.